The number of nitrogens with one attached hydrogen (secondary N) is 1. The van der Waals surface area contributed by atoms with Gasteiger partial charge in [-0.05, 0) is 31.9 Å². The highest BCUT2D eigenvalue weighted by atomic mass is 16.5. The zero-order valence-electron chi connectivity index (χ0n) is 9.86. The Balaban J connectivity index is 1.68. The van der Waals surface area contributed by atoms with Gasteiger partial charge in [-0.15, -0.1) is 0 Å². The van der Waals surface area contributed by atoms with Gasteiger partial charge in [-0.3, -0.25) is 4.98 Å². The summed E-state index contributed by atoms with van der Waals surface area (Å²) in [6.45, 7) is 4.05. The molecule has 0 aromatic carbocycles. The molecule has 2 rings (SSSR count). The van der Waals surface area contributed by atoms with Crippen molar-refractivity contribution in [3.8, 4) is 0 Å². The highest BCUT2D eigenvalue weighted by Crippen LogP contribution is 2.12. The summed E-state index contributed by atoms with van der Waals surface area (Å²) >= 11 is 0. The second kappa shape index (κ2) is 5.97. The lowest BCUT2D eigenvalue weighted by atomic mass is 10.0. The van der Waals surface area contributed by atoms with Crippen molar-refractivity contribution in [2.75, 3.05) is 13.2 Å². The zero-order chi connectivity index (χ0) is 11.2. The molecular formula is C13H20N2O. The van der Waals surface area contributed by atoms with E-state index in [1.807, 2.05) is 18.3 Å². The molecule has 0 radical (unpaired) electrons. The van der Waals surface area contributed by atoms with E-state index in [0.717, 1.165) is 38.1 Å². The lowest BCUT2D eigenvalue weighted by Gasteiger charge is -2.28. The van der Waals surface area contributed by atoms with Gasteiger partial charge >= 0.3 is 0 Å². The molecule has 3 nitrogen and oxygen atoms in total. The third-order valence-corrected chi connectivity index (χ3v) is 3.03. The van der Waals surface area contributed by atoms with E-state index in [9.17, 15) is 0 Å². The number of hydrogen-bond donors (Lipinski definition) is 1. The molecule has 3 heteroatoms. The molecule has 1 aromatic rings. The van der Waals surface area contributed by atoms with Gasteiger partial charge in [0.1, 0.15) is 0 Å². The SMILES string of the molecule is CC1CC(NCCc2ccccn2)CCO1. The maximum Gasteiger partial charge on any atom is 0.0561 e. The van der Waals surface area contributed by atoms with E-state index < -0.39 is 0 Å². The Morgan fingerprint density at radius 3 is 3.19 bits per heavy atom. The summed E-state index contributed by atoms with van der Waals surface area (Å²) in [5.41, 5.74) is 1.16. The van der Waals surface area contributed by atoms with Crippen LogP contribution in [0.5, 0.6) is 0 Å². The van der Waals surface area contributed by atoms with E-state index in [4.69, 9.17) is 4.74 Å². The molecule has 1 aliphatic heterocycles. The van der Waals surface area contributed by atoms with Crippen LogP contribution < -0.4 is 5.32 Å². The first-order chi connectivity index (χ1) is 7.84. The molecule has 2 heterocycles. The van der Waals surface area contributed by atoms with E-state index in [1.54, 1.807) is 0 Å². The highest BCUT2D eigenvalue weighted by molar-refractivity contribution is 5.03. The van der Waals surface area contributed by atoms with Crippen molar-refractivity contribution in [2.24, 2.45) is 0 Å². The van der Waals surface area contributed by atoms with Crippen LogP contribution in [0.2, 0.25) is 0 Å². The van der Waals surface area contributed by atoms with Crippen LogP contribution in [0.3, 0.4) is 0 Å². The smallest absolute Gasteiger partial charge is 0.0561 e. The minimum absolute atomic E-state index is 0.404. The lowest BCUT2D eigenvalue weighted by Crippen LogP contribution is -2.38. The second-order valence-electron chi connectivity index (χ2n) is 4.43. The number of ether oxygens (including phenoxy) is 1. The summed E-state index contributed by atoms with van der Waals surface area (Å²) in [5, 5.41) is 3.58. The topological polar surface area (TPSA) is 34.2 Å². The van der Waals surface area contributed by atoms with Gasteiger partial charge in [0.2, 0.25) is 0 Å². The van der Waals surface area contributed by atoms with Gasteiger partial charge < -0.3 is 10.1 Å². The van der Waals surface area contributed by atoms with E-state index in [0.29, 0.717) is 12.1 Å². The summed E-state index contributed by atoms with van der Waals surface area (Å²) < 4.78 is 5.52. The van der Waals surface area contributed by atoms with Crippen molar-refractivity contribution in [3.05, 3.63) is 30.1 Å². The number of rotatable bonds is 4. The Morgan fingerprint density at radius 1 is 1.50 bits per heavy atom. The largest absolute Gasteiger partial charge is 0.378 e. The summed E-state index contributed by atoms with van der Waals surface area (Å²) in [5.74, 6) is 0. The molecule has 0 saturated carbocycles. The number of aromatic nitrogens is 1. The van der Waals surface area contributed by atoms with Crippen LogP contribution in [0.4, 0.5) is 0 Å². The first-order valence-electron chi connectivity index (χ1n) is 6.09. The fraction of sp³-hybridized carbons (Fsp3) is 0.615. The van der Waals surface area contributed by atoms with Gasteiger partial charge in [-0.1, -0.05) is 6.07 Å². The molecule has 1 aliphatic rings. The molecule has 0 spiro atoms. The molecule has 88 valence electrons. The van der Waals surface area contributed by atoms with Gasteiger partial charge in [0, 0.05) is 37.5 Å². The van der Waals surface area contributed by atoms with Crippen LogP contribution in [-0.4, -0.2) is 30.3 Å². The van der Waals surface area contributed by atoms with Crippen molar-refractivity contribution < 1.29 is 4.74 Å². The van der Waals surface area contributed by atoms with Gasteiger partial charge in [0.15, 0.2) is 0 Å². The summed E-state index contributed by atoms with van der Waals surface area (Å²) in [6, 6.07) is 6.69. The van der Waals surface area contributed by atoms with E-state index in [-0.39, 0.29) is 0 Å². The molecule has 1 aromatic heterocycles. The van der Waals surface area contributed by atoms with Crippen LogP contribution in [0.1, 0.15) is 25.5 Å². The molecule has 16 heavy (non-hydrogen) atoms. The Kier molecular flexibility index (Phi) is 4.31. The predicted octanol–water partition coefficient (Wildman–Crippen LogP) is 1.78. The van der Waals surface area contributed by atoms with Crippen molar-refractivity contribution in [3.63, 3.8) is 0 Å². The average Bonchev–Trinajstić information content (AvgIpc) is 2.30. The van der Waals surface area contributed by atoms with Crippen molar-refractivity contribution >= 4 is 0 Å². The molecule has 2 unspecified atom stereocenters. The fourth-order valence-corrected chi connectivity index (χ4v) is 2.13. The van der Waals surface area contributed by atoms with Crippen LogP contribution in [0.25, 0.3) is 0 Å². The quantitative estimate of drug-likeness (QED) is 0.840. The van der Waals surface area contributed by atoms with Gasteiger partial charge in [0.05, 0.1) is 6.10 Å². The van der Waals surface area contributed by atoms with Crippen LogP contribution in [0, 0.1) is 0 Å². The Labute approximate surface area is 97.2 Å². The van der Waals surface area contributed by atoms with E-state index >= 15 is 0 Å². The van der Waals surface area contributed by atoms with Gasteiger partial charge in [-0.2, -0.15) is 0 Å². The standard InChI is InChI=1S/C13H20N2O/c1-11-10-13(6-9-16-11)15-8-5-12-4-2-3-7-14-12/h2-4,7,11,13,15H,5-6,8-10H2,1H3. The Bertz CT molecular complexity index is 302. The van der Waals surface area contributed by atoms with Gasteiger partial charge in [-0.25, -0.2) is 0 Å². The minimum Gasteiger partial charge on any atom is -0.378 e. The van der Waals surface area contributed by atoms with Gasteiger partial charge in [0.25, 0.3) is 0 Å². The summed E-state index contributed by atoms with van der Waals surface area (Å²) in [6.07, 6.45) is 5.52. The normalized spacial score (nSPS) is 25.6. The third-order valence-electron chi connectivity index (χ3n) is 3.03. The molecule has 0 bridgehead atoms. The molecule has 1 saturated heterocycles. The Hall–Kier alpha value is -0.930. The molecule has 2 atom stereocenters. The first-order valence-corrected chi connectivity index (χ1v) is 6.09. The number of hydrogen-bond acceptors (Lipinski definition) is 3. The van der Waals surface area contributed by atoms with Crippen molar-refractivity contribution in [2.45, 2.75) is 38.3 Å². The van der Waals surface area contributed by atoms with Crippen LogP contribution in [-0.2, 0) is 11.2 Å². The lowest BCUT2D eigenvalue weighted by molar-refractivity contribution is 0.0135. The zero-order valence-corrected chi connectivity index (χ0v) is 9.86. The number of nitrogens with zero attached hydrogens (tertiary/aromatic N) is 1. The third kappa shape index (κ3) is 3.58. The second-order valence-corrected chi connectivity index (χ2v) is 4.43. The minimum atomic E-state index is 0.404. The molecule has 1 N–H and O–H groups in total. The molecule has 0 amide bonds. The van der Waals surface area contributed by atoms with Crippen LogP contribution in [0.15, 0.2) is 24.4 Å². The van der Waals surface area contributed by atoms with Crippen molar-refractivity contribution in [1.82, 2.24) is 10.3 Å². The average molecular weight is 220 g/mol. The monoisotopic (exact) mass is 220 g/mol. The maximum absolute atomic E-state index is 5.52. The predicted molar refractivity (Wildman–Crippen MR) is 64.4 cm³/mol. The molecule has 0 aliphatic carbocycles. The highest BCUT2D eigenvalue weighted by Gasteiger charge is 2.18. The molecule has 1 fully saturated rings. The maximum atomic E-state index is 5.52. The Morgan fingerprint density at radius 2 is 2.44 bits per heavy atom. The molecular weight excluding hydrogens is 200 g/mol. The first kappa shape index (κ1) is 11.6. The fourth-order valence-electron chi connectivity index (χ4n) is 2.13. The van der Waals surface area contributed by atoms with Crippen LogP contribution >= 0.6 is 0 Å². The van der Waals surface area contributed by atoms with E-state index in [1.165, 1.54) is 0 Å². The van der Waals surface area contributed by atoms with E-state index in [2.05, 4.69) is 23.3 Å². The van der Waals surface area contributed by atoms with Crippen molar-refractivity contribution in [1.29, 1.82) is 0 Å². The number of pyridine rings is 1. The summed E-state index contributed by atoms with van der Waals surface area (Å²) in [4.78, 5) is 4.31. The summed E-state index contributed by atoms with van der Waals surface area (Å²) in [7, 11) is 0.